The third kappa shape index (κ3) is 6.15. The summed E-state index contributed by atoms with van der Waals surface area (Å²) in [6, 6.07) is 0. The van der Waals surface area contributed by atoms with Gasteiger partial charge in [0.05, 0.1) is 0 Å². The Hall–Kier alpha value is -0.260. The van der Waals surface area contributed by atoms with Gasteiger partial charge in [0, 0.05) is 0 Å². The highest BCUT2D eigenvalue weighted by Gasteiger charge is 2.16. The van der Waals surface area contributed by atoms with Crippen molar-refractivity contribution in [3.05, 3.63) is 12.7 Å². The lowest BCUT2D eigenvalue weighted by atomic mass is 9.82. The second kappa shape index (κ2) is 7.84. The van der Waals surface area contributed by atoms with Crippen LogP contribution in [0, 0.1) is 5.41 Å². The van der Waals surface area contributed by atoms with Gasteiger partial charge in [0.2, 0.25) is 0 Å². The molecule has 0 aromatic heterocycles. The van der Waals surface area contributed by atoms with Gasteiger partial charge in [-0.2, -0.15) is 0 Å². The van der Waals surface area contributed by atoms with Crippen molar-refractivity contribution in [2.24, 2.45) is 5.41 Å². The zero-order valence-corrected chi connectivity index (χ0v) is 8.91. The maximum atomic E-state index is 3.74. The molecule has 0 fully saturated rings. The molecule has 68 valence electrons. The van der Waals surface area contributed by atoms with E-state index in [2.05, 4.69) is 27.4 Å². The van der Waals surface area contributed by atoms with E-state index in [0.717, 1.165) is 6.42 Å². The smallest absolute Gasteiger partial charge is 0.0297 e. The highest BCUT2D eigenvalue weighted by atomic mass is 14.2. The molecule has 0 unspecified atom stereocenters. The Morgan fingerprint density at radius 3 is 1.64 bits per heavy atom. The largest absolute Gasteiger partial charge is 0.103 e. The Balaban J connectivity index is 0. The van der Waals surface area contributed by atoms with Crippen molar-refractivity contribution in [2.45, 2.75) is 53.9 Å². The zero-order valence-electron chi connectivity index (χ0n) is 8.91. The second-order valence-electron chi connectivity index (χ2n) is 3.01. The van der Waals surface area contributed by atoms with Crippen molar-refractivity contribution in [1.82, 2.24) is 0 Å². The Morgan fingerprint density at radius 2 is 1.55 bits per heavy atom. The summed E-state index contributed by atoms with van der Waals surface area (Å²) in [5, 5.41) is 0. The van der Waals surface area contributed by atoms with Crippen molar-refractivity contribution in [2.75, 3.05) is 0 Å². The first-order valence-electron chi connectivity index (χ1n) is 4.79. The van der Waals surface area contributed by atoms with Gasteiger partial charge < -0.3 is 0 Å². The van der Waals surface area contributed by atoms with Crippen molar-refractivity contribution in [3.63, 3.8) is 0 Å². The molecule has 0 nitrogen and oxygen atoms in total. The molecule has 0 saturated heterocycles. The fraction of sp³-hybridized carbons (Fsp3) is 0.818. The first-order chi connectivity index (χ1) is 5.18. The van der Waals surface area contributed by atoms with E-state index in [-0.39, 0.29) is 0 Å². The molecule has 0 N–H and O–H groups in total. The van der Waals surface area contributed by atoms with Gasteiger partial charge in [0.25, 0.3) is 0 Å². The van der Waals surface area contributed by atoms with Crippen LogP contribution in [-0.2, 0) is 0 Å². The molecule has 0 aromatic rings. The minimum atomic E-state index is 0.516. The molecule has 0 atom stereocenters. The molecule has 0 aliphatic carbocycles. The highest BCUT2D eigenvalue weighted by molar-refractivity contribution is 4.80. The van der Waals surface area contributed by atoms with Crippen LogP contribution in [0.25, 0.3) is 0 Å². The average molecular weight is 156 g/mol. The standard InChI is InChI=1S/C9H18.C2H6/c1-5-8-9(4,6-2)7-3;1-2/h5H,1,6-8H2,2-4H3;1-2H3. The zero-order chi connectivity index (χ0) is 9.33. The van der Waals surface area contributed by atoms with E-state index in [1.165, 1.54) is 12.8 Å². The molecule has 0 aliphatic heterocycles. The summed E-state index contributed by atoms with van der Waals surface area (Å²) in [5.74, 6) is 0. The van der Waals surface area contributed by atoms with Crippen LogP contribution in [0.15, 0.2) is 12.7 Å². The average Bonchev–Trinajstić information content (AvgIpc) is 2.08. The molecule has 0 radical (unpaired) electrons. The Morgan fingerprint density at radius 1 is 1.18 bits per heavy atom. The minimum absolute atomic E-state index is 0.516. The monoisotopic (exact) mass is 156 g/mol. The topological polar surface area (TPSA) is 0 Å². The van der Waals surface area contributed by atoms with Crippen molar-refractivity contribution >= 4 is 0 Å². The van der Waals surface area contributed by atoms with E-state index in [0.29, 0.717) is 5.41 Å². The molecule has 0 saturated carbocycles. The maximum Gasteiger partial charge on any atom is -0.0297 e. The molecule has 0 heteroatoms. The summed E-state index contributed by atoms with van der Waals surface area (Å²) in [6.07, 6.45) is 5.69. The van der Waals surface area contributed by atoms with Crippen LogP contribution in [0.1, 0.15) is 53.9 Å². The van der Waals surface area contributed by atoms with Gasteiger partial charge in [-0.15, -0.1) is 6.58 Å². The second-order valence-corrected chi connectivity index (χ2v) is 3.01. The molecule has 0 aliphatic rings. The van der Waals surface area contributed by atoms with Crippen LogP contribution < -0.4 is 0 Å². The van der Waals surface area contributed by atoms with Gasteiger partial charge in [-0.1, -0.05) is 53.5 Å². The first kappa shape index (κ1) is 13.3. The fourth-order valence-electron chi connectivity index (χ4n) is 0.887. The van der Waals surface area contributed by atoms with E-state index in [1.807, 2.05) is 19.9 Å². The van der Waals surface area contributed by atoms with Gasteiger partial charge in [0.1, 0.15) is 0 Å². The summed E-state index contributed by atoms with van der Waals surface area (Å²) < 4.78 is 0. The van der Waals surface area contributed by atoms with E-state index in [4.69, 9.17) is 0 Å². The lowest BCUT2D eigenvalue weighted by Gasteiger charge is -2.24. The summed E-state index contributed by atoms with van der Waals surface area (Å²) in [5.41, 5.74) is 0.516. The summed E-state index contributed by atoms with van der Waals surface area (Å²) >= 11 is 0. The van der Waals surface area contributed by atoms with Gasteiger partial charge in [-0.25, -0.2) is 0 Å². The Bertz CT molecular complexity index is 78.0. The summed E-state index contributed by atoms with van der Waals surface area (Å²) in [6.45, 7) is 14.5. The molecule has 0 aromatic carbocycles. The van der Waals surface area contributed by atoms with Gasteiger partial charge in [-0.05, 0) is 11.8 Å². The number of hydrogen-bond acceptors (Lipinski definition) is 0. The van der Waals surface area contributed by atoms with E-state index < -0.39 is 0 Å². The SMILES string of the molecule is C=CCC(C)(CC)CC.CC. The molecular weight excluding hydrogens is 132 g/mol. The Kier molecular flexibility index (Phi) is 9.51. The van der Waals surface area contributed by atoms with Crippen molar-refractivity contribution in [1.29, 1.82) is 0 Å². The van der Waals surface area contributed by atoms with E-state index in [9.17, 15) is 0 Å². The van der Waals surface area contributed by atoms with Crippen LogP contribution in [0.3, 0.4) is 0 Å². The molecule has 0 amide bonds. The van der Waals surface area contributed by atoms with Crippen LogP contribution in [0.4, 0.5) is 0 Å². The van der Waals surface area contributed by atoms with Crippen LogP contribution in [0.2, 0.25) is 0 Å². The summed E-state index contributed by atoms with van der Waals surface area (Å²) in [7, 11) is 0. The fourth-order valence-corrected chi connectivity index (χ4v) is 0.887. The van der Waals surface area contributed by atoms with E-state index in [1.54, 1.807) is 0 Å². The van der Waals surface area contributed by atoms with Crippen LogP contribution >= 0.6 is 0 Å². The van der Waals surface area contributed by atoms with Crippen LogP contribution in [-0.4, -0.2) is 0 Å². The predicted molar refractivity (Wildman–Crippen MR) is 54.9 cm³/mol. The van der Waals surface area contributed by atoms with Crippen molar-refractivity contribution in [3.8, 4) is 0 Å². The van der Waals surface area contributed by atoms with Crippen molar-refractivity contribution < 1.29 is 0 Å². The minimum Gasteiger partial charge on any atom is -0.103 e. The quantitative estimate of drug-likeness (QED) is 0.529. The lowest BCUT2D eigenvalue weighted by molar-refractivity contribution is 0.302. The third-order valence-electron chi connectivity index (χ3n) is 2.34. The molecule has 0 spiro atoms. The van der Waals surface area contributed by atoms with Crippen LogP contribution in [0.5, 0.6) is 0 Å². The lowest BCUT2D eigenvalue weighted by Crippen LogP contribution is -2.11. The Labute approximate surface area is 72.7 Å². The van der Waals surface area contributed by atoms with E-state index >= 15 is 0 Å². The predicted octanol–water partition coefficient (Wildman–Crippen LogP) is 4.42. The van der Waals surface area contributed by atoms with Gasteiger partial charge in [-0.3, -0.25) is 0 Å². The highest BCUT2D eigenvalue weighted by Crippen LogP contribution is 2.29. The number of hydrogen-bond donors (Lipinski definition) is 0. The first-order valence-corrected chi connectivity index (χ1v) is 4.79. The summed E-state index contributed by atoms with van der Waals surface area (Å²) in [4.78, 5) is 0. The number of allylic oxidation sites excluding steroid dienone is 1. The maximum absolute atomic E-state index is 3.74. The van der Waals surface area contributed by atoms with Gasteiger partial charge in [0.15, 0.2) is 0 Å². The normalized spacial score (nSPS) is 9.91. The molecule has 0 bridgehead atoms. The van der Waals surface area contributed by atoms with Gasteiger partial charge >= 0.3 is 0 Å². The molecular formula is C11H24. The number of rotatable bonds is 4. The molecule has 0 heterocycles. The molecule has 0 rings (SSSR count). The third-order valence-corrected chi connectivity index (χ3v) is 2.34. The molecule has 11 heavy (non-hydrogen) atoms.